The first-order chi connectivity index (χ1) is 15.4. The SMILES string of the molecule is Cc1ccc(C)n1N1C(=O)/C(=C/c2cn(Cc3ccccc3F)c3ccccc23)SC1=S. The van der Waals surface area contributed by atoms with Gasteiger partial charge in [0.15, 0.2) is 4.32 Å². The summed E-state index contributed by atoms with van der Waals surface area (Å²) in [4.78, 5) is 13.8. The zero-order chi connectivity index (χ0) is 22.4. The Labute approximate surface area is 194 Å². The van der Waals surface area contributed by atoms with Crippen LogP contribution in [0, 0.1) is 19.7 Å². The quantitative estimate of drug-likeness (QED) is 0.285. The van der Waals surface area contributed by atoms with Crippen molar-refractivity contribution in [3.8, 4) is 0 Å². The van der Waals surface area contributed by atoms with E-state index >= 15 is 0 Å². The summed E-state index contributed by atoms with van der Waals surface area (Å²) in [7, 11) is 0. The van der Waals surface area contributed by atoms with Crippen molar-refractivity contribution >= 4 is 51.2 Å². The van der Waals surface area contributed by atoms with E-state index in [1.807, 2.05) is 77.8 Å². The van der Waals surface area contributed by atoms with E-state index in [2.05, 4.69) is 0 Å². The van der Waals surface area contributed by atoms with Crippen LogP contribution in [-0.2, 0) is 11.3 Å². The first-order valence-corrected chi connectivity index (χ1v) is 11.4. The predicted molar refractivity (Wildman–Crippen MR) is 133 cm³/mol. The molecule has 1 fully saturated rings. The molecule has 1 saturated heterocycles. The molecule has 32 heavy (non-hydrogen) atoms. The molecule has 1 aliphatic rings. The Kier molecular flexibility index (Phi) is 5.23. The smallest absolute Gasteiger partial charge is 0.285 e. The lowest BCUT2D eigenvalue weighted by atomic mass is 10.1. The van der Waals surface area contributed by atoms with Gasteiger partial charge in [0, 0.05) is 39.6 Å². The summed E-state index contributed by atoms with van der Waals surface area (Å²) in [6.45, 7) is 4.31. The van der Waals surface area contributed by atoms with Crippen LogP contribution in [0.3, 0.4) is 0 Å². The van der Waals surface area contributed by atoms with Crippen molar-refractivity contribution in [2.24, 2.45) is 0 Å². The van der Waals surface area contributed by atoms with Crippen LogP contribution < -0.4 is 5.01 Å². The molecule has 0 unspecified atom stereocenters. The number of benzene rings is 2. The molecular formula is C25H20FN3OS2. The summed E-state index contributed by atoms with van der Waals surface area (Å²) in [5.74, 6) is -0.376. The average Bonchev–Trinajstić information content (AvgIpc) is 3.38. The highest BCUT2D eigenvalue weighted by Crippen LogP contribution is 2.34. The van der Waals surface area contributed by atoms with Crippen LogP contribution in [0.25, 0.3) is 17.0 Å². The Morgan fingerprint density at radius 3 is 2.44 bits per heavy atom. The highest BCUT2D eigenvalue weighted by atomic mass is 32.2. The Hall–Kier alpha value is -3.16. The molecular weight excluding hydrogens is 441 g/mol. The van der Waals surface area contributed by atoms with E-state index in [0.29, 0.717) is 21.3 Å². The summed E-state index contributed by atoms with van der Waals surface area (Å²) in [6.07, 6.45) is 3.85. The number of thiocarbonyl (C=S) groups is 1. The molecule has 0 saturated carbocycles. The highest BCUT2D eigenvalue weighted by molar-refractivity contribution is 8.27. The van der Waals surface area contributed by atoms with Gasteiger partial charge in [0.05, 0.1) is 11.4 Å². The van der Waals surface area contributed by atoms with E-state index in [1.165, 1.54) is 17.8 Å². The fourth-order valence-electron chi connectivity index (χ4n) is 4.08. The first-order valence-electron chi connectivity index (χ1n) is 10.2. The number of amides is 1. The maximum atomic E-state index is 14.3. The first kappa shape index (κ1) is 20.7. The number of hydrogen-bond acceptors (Lipinski definition) is 3. The Bertz CT molecular complexity index is 1400. The zero-order valence-electron chi connectivity index (χ0n) is 17.6. The van der Waals surface area contributed by atoms with E-state index in [-0.39, 0.29) is 11.7 Å². The van der Waals surface area contributed by atoms with Crippen molar-refractivity contribution in [3.63, 3.8) is 0 Å². The summed E-state index contributed by atoms with van der Waals surface area (Å²) < 4.78 is 18.6. The molecule has 2 aromatic carbocycles. The molecule has 0 bridgehead atoms. The van der Waals surface area contributed by atoms with Crippen LogP contribution in [-0.4, -0.2) is 19.5 Å². The maximum Gasteiger partial charge on any atom is 0.285 e. The largest absolute Gasteiger partial charge is 0.342 e. The number of thioether (sulfide) groups is 1. The van der Waals surface area contributed by atoms with Gasteiger partial charge < -0.3 is 4.57 Å². The summed E-state index contributed by atoms with van der Waals surface area (Å²) >= 11 is 6.84. The van der Waals surface area contributed by atoms with Gasteiger partial charge in [-0.3, -0.25) is 9.47 Å². The molecule has 5 rings (SSSR count). The highest BCUT2D eigenvalue weighted by Gasteiger charge is 2.35. The summed E-state index contributed by atoms with van der Waals surface area (Å²) in [5.41, 5.74) is 4.39. The lowest BCUT2D eigenvalue weighted by molar-refractivity contribution is -0.114. The Morgan fingerprint density at radius 1 is 1.00 bits per heavy atom. The van der Waals surface area contributed by atoms with Gasteiger partial charge in [-0.2, -0.15) is 5.01 Å². The molecule has 0 atom stereocenters. The second-order valence-electron chi connectivity index (χ2n) is 7.74. The number of hydrogen-bond donors (Lipinski definition) is 0. The van der Waals surface area contributed by atoms with Crippen molar-refractivity contribution in [2.45, 2.75) is 20.4 Å². The molecule has 4 aromatic rings. The van der Waals surface area contributed by atoms with Crippen LogP contribution in [0.1, 0.15) is 22.5 Å². The number of para-hydroxylation sites is 1. The summed E-state index contributed by atoms with van der Waals surface area (Å²) in [6, 6.07) is 18.7. The van der Waals surface area contributed by atoms with Gasteiger partial charge in [-0.05, 0) is 56.4 Å². The van der Waals surface area contributed by atoms with Gasteiger partial charge >= 0.3 is 0 Å². The molecule has 3 heterocycles. The topological polar surface area (TPSA) is 30.2 Å². The molecule has 7 heteroatoms. The Balaban J connectivity index is 1.55. The van der Waals surface area contributed by atoms with E-state index in [4.69, 9.17) is 12.2 Å². The predicted octanol–water partition coefficient (Wildman–Crippen LogP) is 5.78. The van der Waals surface area contributed by atoms with Gasteiger partial charge in [0.2, 0.25) is 0 Å². The number of carbonyl (C=O) groups is 1. The number of aryl methyl sites for hydroxylation is 2. The van der Waals surface area contributed by atoms with Gasteiger partial charge in [0.25, 0.3) is 5.91 Å². The molecule has 1 aliphatic heterocycles. The van der Waals surface area contributed by atoms with Crippen LogP contribution in [0.2, 0.25) is 0 Å². The van der Waals surface area contributed by atoms with Crippen LogP contribution in [0.15, 0.2) is 71.8 Å². The van der Waals surface area contributed by atoms with Crippen molar-refractivity contribution in [3.05, 3.63) is 100 Å². The van der Waals surface area contributed by atoms with Crippen molar-refractivity contribution in [1.82, 2.24) is 9.24 Å². The van der Waals surface area contributed by atoms with Crippen molar-refractivity contribution in [2.75, 3.05) is 5.01 Å². The fraction of sp³-hybridized carbons (Fsp3) is 0.120. The third-order valence-electron chi connectivity index (χ3n) is 5.61. The van der Waals surface area contributed by atoms with Crippen LogP contribution >= 0.6 is 24.0 Å². The maximum absolute atomic E-state index is 14.3. The summed E-state index contributed by atoms with van der Waals surface area (Å²) in [5, 5.41) is 2.55. The third kappa shape index (κ3) is 3.47. The van der Waals surface area contributed by atoms with Crippen molar-refractivity contribution in [1.29, 1.82) is 0 Å². The second-order valence-corrected chi connectivity index (χ2v) is 9.42. The minimum atomic E-state index is -0.231. The van der Waals surface area contributed by atoms with Crippen LogP contribution in [0.4, 0.5) is 4.39 Å². The van der Waals surface area contributed by atoms with E-state index in [9.17, 15) is 9.18 Å². The average molecular weight is 462 g/mol. The fourth-order valence-corrected chi connectivity index (χ4v) is 5.31. The van der Waals surface area contributed by atoms with Crippen molar-refractivity contribution < 1.29 is 9.18 Å². The van der Waals surface area contributed by atoms with E-state index < -0.39 is 0 Å². The minimum absolute atomic E-state index is 0.145. The number of halogens is 1. The molecule has 0 N–H and O–H groups in total. The van der Waals surface area contributed by atoms with Crippen LogP contribution in [0.5, 0.6) is 0 Å². The van der Waals surface area contributed by atoms with E-state index in [1.54, 1.807) is 17.1 Å². The number of fused-ring (bicyclic) bond motifs is 1. The molecule has 0 radical (unpaired) electrons. The molecule has 160 valence electrons. The third-order valence-corrected chi connectivity index (χ3v) is 6.89. The molecule has 0 aliphatic carbocycles. The molecule has 4 nitrogen and oxygen atoms in total. The van der Waals surface area contributed by atoms with Gasteiger partial charge in [-0.25, -0.2) is 4.39 Å². The standard InChI is InChI=1S/C25H20FN3OS2/c1-16-11-12-17(2)28(16)29-24(30)23(32-25(29)31)13-19-15-27(22-10-6-4-8-20(19)22)14-18-7-3-5-9-21(18)26/h3-13,15H,14H2,1-2H3/b23-13-. The van der Waals surface area contributed by atoms with Gasteiger partial charge in [0.1, 0.15) is 5.82 Å². The molecule has 0 spiro atoms. The normalized spacial score (nSPS) is 15.5. The lowest BCUT2D eigenvalue weighted by Gasteiger charge is -2.20. The molecule has 2 aromatic heterocycles. The Morgan fingerprint density at radius 2 is 1.69 bits per heavy atom. The lowest BCUT2D eigenvalue weighted by Crippen LogP contribution is -2.39. The van der Waals surface area contributed by atoms with Gasteiger partial charge in [-0.15, -0.1) is 0 Å². The van der Waals surface area contributed by atoms with E-state index in [0.717, 1.165) is 27.9 Å². The monoisotopic (exact) mass is 461 g/mol. The zero-order valence-corrected chi connectivity index (χ0v) is 19.2. The number of rotatable bonds is 4. The number of nitrogens with zero attached hydrogens (tertiary/aromatic N) is 3. The number of aromatic nitrogens is 2. The number of carbonyl (C=O) groups excluding carboxylic acids is 1. The van der Waals surface area contributed by atoms with Gasteiger partial charge in [-0.1, -0.05) is 48.2 Å². The molecule has 1 amide bonds. The minimum Gasteiger partial charge on any atom is -0.342 e. The second kappa shape index (κ2) is 8.07.